The largest absolute Gasteiger partial charge is 0.478 e. The summed E-state index contributed by atoms with van der Waals surface area (Å²) in [4.78, 5) is 36.3. The molecular formula is C12H13N3O4. The van der Waals surface area contributed by atoms with Crippen LogP contribution < -0.4 is 10.6 Å². The minimum absolute atomic E-state index is 0.147. The summed E-state index contributed by atoms with van der Waals surface area (Å²) in [5.74, 6) is -1.50. The number of amides is 2. The Labute approximate surface area is 109 Å². The highest BCUT2D eigenvalue weighted by Crippen LogP contribution is 2.08. The molecule has 0 bridgehead atoms. The fourth-order valence-electron chi connectivity index (χ4n) is 1.18. The van der Waals surface area contributed by atoms with Gasteiger partial charge in [-0.15, -0.1) is 0 Å². The van der Waals surface area contributed by atoms with Gasteiger partial charge in [0.05, 0.1) is 6.54 Å². The second-order valence-corrected chi connectivity index (χ2v) is 3.60. The van der Waals surface area contributed by atoms with Gasteiger partial charge in [-0.2, -0.15) is 0 Å². The topological polar surface area (TPSA) is 108 Å². The van der Waals surface area contributed by atoms with Crippen LogP contribution in [0.3, 0.4) is 0 Å². The Morgan fingerprint density at radius 1 is 1.42 bits per heavy atom. The number of carboxylic acid groups (broad SMARTS) is 1. The average Bonchev–Trinajstić information content (AvgIpc) is 2.34. The van der Waals surface area contributed by atoms with Gasteiger partial charge in [0.2, 0.25) is 11.8 Å². The summed E-state index contributed by atoms with van der Waals surface area (Å²) >= 11 is 0. The number of aromatic nitrogens is 1. The number of carboxylic acids is 1. The average molecular weight is 263 g/mol. The Bertz CT molecular complexity index is 525. The maximum absolute atomic E-state index is 11.4. The number of nitrogens with one attached hydrogen (secondary N) is 2. The molecule has 0 unspecified atom stereocenters. The number of carbonyl (C=O) groups excluding carboxylic acids is 2. The predicted molar refractivity (Wildman–Crippen MR) is 68.2 cm³/mol. The molecule has 100 valence electrons. The molecule has 1 rings (SSSR count). The lowest BCUT2D eigenvalue weighted by Crippen LogP contribution is -2.31. The lowest BCUT2D eigenvalue weighted by Gasteiger charge is -2.05. The van der Waals surface area contributed by atoms with Crippen molar-refractivity contribution in [1.82, 2.24) is 10.3 Å². The Kier molecular flexibility index (Phi) is 5.21. The third-order valence-corrected chi connectivity index (χ3v) is 1.97. The van der Waals surface area contributed by atoms with E-state index in [9.17, 15) is 14.4 Å². The number of hydrogen-bond acceptors (Lipinski definition) is 4. The third kappa shape index (κ3) is 5.97. The van der Waals surface area contributed by atoms with Gasteiger partial charge in [-0.05, 0) is 23.8 Å². The van der Waals surface area contributed by atoms with Gasteiger partial charge in [-0.1, -0.05) is 0 Å². The van der Waals surface area contributed by atoms with Crippen molar-refractivity contribution < 1.29 is 19.5 Å². The van der Waals surface area contributed by atoms with E-state index in [1.165, 1.54) is 25.3 Å². The van der Waals surface area contributed by atoms with Crippen LogP contribution in [0.4, 0.5) is 5.82 Å². The molecule has 1 aromatic rings. The molecule has 0 aromatic carbocycles. The molecule has 7 heteroatoms. The van der Waals surface area contributed by atoms with Crippen molar-refractivity contribution >= 4 is 29.7 Å². The normalized spacial score (nSPS) is 10.2. The summed E-state index contributed by atoms with van der Waals surface area (Å²) in [7, 11) is 0. The molecular weight excluding hydrogens is 250 g/mol. The van der Waals surface area contributed by atoms with Crippen molar-refractivity contribution in [3.8, 4) is 0 Å². The van der Waals surface area contributed by atoms with E-state index in [1.807, 2.05) is 0 Å². The summed E-state index contributed by atoms with van der Waals surface area (Å²) in [5, 5.41) is 13.3. The van der Waals surface area contributed by atoms with Crippen LogP contribution in [0.25, 0.3) is 6.08 Å². The standard InChI is InChI=1S/C12H13N3O4/c1-8(16)14-7-11(17)15-10-6-9(4-5-13-10)2-3-12(18)19/h2-6H,7H2,1H3,(H,14,16)(H,18,19)(H,13,15,17)/b3-2+. The first-order chi connectivity index (χ1) is 8.97. The fraction of sp³-hybridized carbons (Fsp3) is 0.167. The Morgan fingerprint density at radius 2 is 2.16 bits per heavy atom. The summed E-state index contributed by atoms with van der Waals surface area (Å²) < 4.78 is 0. The molecule has 0 fully saturated rings. The first kappa shape index (κ1) is 14.4. The van der Waals surface area contributed by atoms with Crippen LogP contribution in [-0.2, 0) is 14.4 Å². The SMILES string of the molecule is CC(=O)NCC(=O)Nc1cc(/C=C/C(=O)O)ccn1. The summed E-state index contributed by atoms with van der Waals surface area (Å²) in [6.07, 6.45) is 3.81. The summed E-state index contributed by atoms with van der Waals surface area (Å²) in [6.45, 7) is 1.16. The molecule has 7 nitrogen and oxygen atoms in total. The summed E-state index contributed by atoms with van der Waals surface area (Å²) in [5.41, 5.74) is 0.590. The van der Waals surface area contributed by atoms with Gasteiger partial charge in [-0.25, -0.2) is 9.78 Å². The zero-order valence-electron chi connectivity index (χ0n) is 10.2. The zero-order chi connectivity index (χ0) is 14.3. The van der Waals surface area contributed by atoms with Gasteiger partial charge >= 0.3 is 5.97 Å². The van der Waals surface area contributed by atoms with Gasteiger partial charge in [0.1, 0.15) is 5.82 Å². The lowest BCUT2D eigenvalue weighted by atomic mass is 10.2. The highest BCUT2D eigenvalue weighted by molar-refractivity contribution is 5.93. The minimum Gasteiger partial charge on any atom is -0.478 e. The number of hydrogen-bond donors (Lipinski definition) is 3. The van der Waals surface area contributed by atoms with Crippen LogP contribution in [0.1, 0.15) is 12.5 Å². The van der Waals surface area contributed by atoms with Gasteiger partial charge < -0.3 is 15.7 Å². The van der Waals surface area contributed by atoms with Crippen LogP contribution in [0.15, 0.2) is 24.4 Å². The molecule has 0 saturated carbocycles. The number of carbonyl (C=O) groups is 3. The van der Waals surface area contributed by atoms with E-state index >= 15 is 0 Å². The zero-order valence-corrected chi connectivity index (χ0v) is 10.2. The van der Waals surface area contributed by atoms with E-state index in [2.05, 4.69) is 15.6 Å². The second kappa shape index (κ2) is 6.90. The molecule has 3 N–H and O–H groups in total. The maximum Gasteiger partial charge on any atom is 0.328 e. The molecule has 0 spiro atoms. The second-order valence-electron chi connectivity index (χ2n) is 3.60. The van der Waals surface area contributed by atoms with E-state index in [1.54, 1.807) is 6.07 Å². The van der Waals surface area contributed by atoms with Crippen LogP contribution in [0.5, 0.6) is 0 Å². The first-order valence-electron chi connectivity index (χ1n) is 5.38. The number of nitrogens with zero attached hydrogens (tertiary/aromatic N) is 1. The smallest absolute Gasteiger partial charge is 0.328 e. The third-order valence-electron chi connectivity index (χ3n) is 1.97. The molecule has 0 aliphatic rings. The van der Waals surface area contributed by atoms with Crippen molar-refractivity contribution in [2.24, 2.45) is 0 Å². The molecule has 0 aliphatic heterocycles. The van der Waals surface area contributed by atoms with E-state index in [0.29, 0.717) is 5.56 Å². The number of rotatable bonds is 5. The van der Waals surface area contributed by atoms with Gasteiger partial charge in [0.25, 0.3) is 0 Å². The van der Waals surface area contributed by atoms with Crippen molar-refractivity contribution in [3.05, 3.63) is 30.0 Å². The first-order valence-corrected chi connectivity index (χ1v) is 5.38. The van der Waals surface area contributed by atoms with E-state index < -0.39 is 11.9 Å². The van der Waals surface area contributed by atoms with Crippen LogP contribution >= 0.6 is 0 Å². The molecule has 1 aromatic heterocycles. The fourth-order valence-corrected chi connectivity index (χ4v) is 1.18. The van der Waals surface area contributed by atoms with E-state index in [0.717, 1.165) is 6.08 Å². The minimum atomic E-state index is -1.06. The number of aliphatic carboxylic acids is 1. The van der Waals surface area contributed by atoms with Crippen molar-refractivity contribution in [2.45, 2.75) is 6.92 Å². The number of pyridine rings is 1. The highest BCUT2D eigenvalue weighted by atomic mass is 16.4. The Balaban J connectivity index is 2.64. The molecule has 2 amide bonds. The maximum atomic E-state index is 11.4. The molecule has 19 heavy (non-hydrogen) atoms. The predicted octanol–water partition coefficient (Wildman–Crippen LogP) is 0.254. The van der Waals surface area contributed by atoms with Gasteiger partial charge in [0.15, 0.2) is 0 Å². The lowest BCUT2D eigenvalue weighted by molar-refractivity contribution is -0.131. The summed E-state index contributed by atoms with van der Waals surface area (Å²) in [6, 6.07) is 3.12. The molecule has 0 atom stereocenters. The van der Waals surface area contributed by atoms with Crippen molar-refractivity contribution in [3.63, 3.8) is 0 Å². The molecule has 0 radical (unpaired) electrons. The van der Waals surface area contributed by atoms with E-state index in [-0.39, 0.29) is 18.3 Å². The van der Waals surface area contributed by atoms with Crippen LogP contribution in [0, 0.1) is 0 Å². The molecule has 1 heterocycles. The molecule has 0 aliphatic carbocycles. The van der Waals surface area contributed by atoms with Crippen LogP contribution in [-0.4, -0.2) is 34.4 Å². The monoisotopic (exact) mass is 263 g/mol. The van der Waals surface area contributed by atoms with Crippen molar-refractivity contribution in [1.29, 1.82) is 0 Å². The van der Waals surface area contributed by atoms with Gasteiger partial charge in [-0.3, -0.25) is 9.59 Å². The van der Waals surface area contributed by atoms with Crippen LogP contribution in [0.2, 0.25) is 0 Å². The number of anilines is 1. The molecule has 0 saturated heterocycles. The highest BCUT2D eigenvalue weighted by Gasteiger charge is 2.04. The quantitative estimate of drug-likeness (QED) is 0.660. The van der Waals surface area contributed by atoms with E-state index in [4.69, 9.17) is 5.11 Å². The Hall–Kier alpha value is -2.70. The van der Waals surface area contributed by atoms with Crippen molar-refractivity contribution in [2.75, 3.05) is 11.9 Å². The van der Waals surface area contributed by atoms with Gasteiger partial charge in [0, 0.05) is 19.2 Å². The Morgan fingerprint density at radius 3 is 2.79 bits per heavy atom.